The predicted octanol–water partition coefficient (Wildman–Crippen LogP) is 2.48. The van der Waals surface area contributed by atoms with E-state index < -0.39 is 17.5 Å². The summed E-state index contributed by atoms with van der Waals surface area (Å²) in [6.07, 6.45) is -2.08. The molecule has 1 atom stereocenters. The van der Waals surface area contributed by atoms with Crippen LogP contribution in [0.2, 0.25) is 0 Å². The molecule has 7 heteroatoms. The highest BCUT2D eigenvalue weighted by Crippen LogP contribution is 2.46. The lowest BCUT2D eigenvalue weighted by atomic mass is 9.85. The van der Waals surface area contributed by atoms with Gasteiger partial charge in [0.25, 0.3) is 0 Å². The number of carbonyl (C=O) groups is 1. The van der Waals surface area contributed by atoms with Gasteiger partial charge in [0.15, 0.2) is 5.41 Å². The number of likely N-dealkylation sites (tertiary alicyclic amines) is 1. The molecule has 1 fully saturated rings. The first-order valence-electron chi connectivity index (χ1n) is 8.91. The summed E-state index contributed by atoms with van der Waals surface area (Å²) in [7, 11) is 0. The van der Waals surface area contributed by atoms with Crippen LogP contribution in [0.1, 0.15) is 18.4 Å². The highest BCUT2D eigenvalue weighted by molar-refractivity contribution is 5.84. The van der Waals surface area contributed by atoms with Gasteiger partial charge in [0, 0.05) is 26.2 Å². The third-order valence-corrected chi connectivity index (χ3v) is 5.21. The van der Waals surface area contributed by atoms with E-state index in [1.54, 1.807) is 4.90 Å². The Bertz CT molecular complexity index is 660. The normalized spacial score (nSPS) is 24.3. The largest absolute Gasteiger partial charge is 0.404 e. The lowest BCUT2D eigenvalue weighted by Gasteiger charge is -2.31. The Balaban J connectivity index is 1.67. The first-order chi connectivity index (χ1) is 12.4. The highest BCUT2D eigenvalue weighted by Gasteiger charge is 2.62. The van der Waals surface area contributed by atoms with Gasteiger partial charge in [0.05, 0.1) is 0 Å². The third kappa shape index (κ3) is 4.10. The minimum Gasteiger partial charge on any atom is -0.352 e. The zero-order chi connectivity index (χ0) is 18.6. The van der Waals surface area contributed by atoms with Crippen molar-refractivity contribution in [1.82, 2.24) is 15.5 Å². The first-order valence-corrected chi connectivity index (χ1v) is 8.91. The molecule has 0 aromatic heterocycles. The molecule has 2 heterocycles. The molecule has 0 spiro atoms. The van der Waals surface area contributed by atoms with Gasteiger partial charge in [0.1, 0.15) is 0 Å². The Morgan fingerprint density at radius 2 is 2.04 bits per heavy atom. The Hall–Kier alpha value is -1.86. The second-order valence-corrected chi connectivity index (χ2v) is 7.03. The van der Waals surface area contributed by atoms with E-state index in [0.717, 1.165) is 24.1 Å². The molecule has 1 amide bonds. The predicted molar refractivity (Wildman–Crippen MR) is 93.4 cm³/mol. The molecule has 142 valence electrons. The minimum atomic E-state index is -4.56. The average molecular weight is 367 g/mol. The maximum atomic E-state index is 13.8. The summed E-state index contributed by atoms with van der Waals surface area (Å²) in [6.45, 7) is 2.06. The summed E-state index contributed by atoms with van der Waals surface area (Å²) in [6, 6.07) is 9.37. The number of benzene rings is 1. The molecule has 0 aliphatic carbocycles. The van der Waals surface area contributed by atoms with Crippen LogP contribution in [0, 0.1) is 5.41 Å². The van der Waals surface area contributed by atoms with Crippen LogP contribution in [-0.2, 0) is 11.3 Å². The van der Waals surface area contributed by atoms with Crippen LogP contribution in [0.25, 0.3) is 0 Å². The van der Waals surface area contributed by atoms with Crippen molar-refractivity contribution < 1.29 is 18.0 Å². The molecule has 2 aliphatic heterocycles. The van der Waals surface area contributed by atoms with E-state index in [9.17, 15) is 18.0 Å². The Kier molecular flexibility index (Phi) is 5.67. The summed E-state index contributed by atoms with van der Waals surface area (Å²) in [5.41, 5.74) is -0.394. The van der Waals surface area contributed by atoms with Crippen LogP contribution < -0.4 is 10.6 Å². The fraction of sp³-hybridized carbons (Fsp3) is 0.526. The molecule has 0 bridgehead atoms. The van der Waals surface area contributed by atoms with Crippen molar-refractivity contribution in [2.75, 3.05) is 32.7 Å². The molecule has 3 rings (SSSR count). The van der Waals surface area contributed by atoms with Crippen LogP contribution >= 0.6 is 0 Å². The summed E-state index contributed by atoms with van der Waals surface area (Å²) < 4.78 is 41.5. The van der Waals surface area contributed by atoms with E-state index in [2.05, 4.69) is 10.6 Å². The zero-order valence-electron chi connectivity index (χ0n) is 14.6. The van der Waals surface area contributed by atoms with E-state index in [1.165, 1.54) is 0 Å². The van der Waals surface area contributed by atoms with Crippen LogP contribution in [0.15, 0.2) is 42.0 Å². The molecule has 0 saturated carbocycles. The van der Waals surface area contributed by atoms with Crippen molar-refractivity contribution in [3.8, 4) is 0 Å². The van der Waals surface area contributed by atoms with Gasteiger partial charge in [-0.05, 0) is 31.5 Å². The van der Waals surface area contributed by atoms with Gasteiger partial charge >= 0.3 is 6.18 Å². The summed E-state index contributed by atoms with van der Waals surface area (Å²) in [5.74, 6) is -0.903. The standard InChI is InChI=1S/C19H24F3N3O/c20-19(21,22)18(17(26)24-12-15-6-9-23-10-7-15)8-11-25(14-18)13-16-4-2-1-3-5-16/h1-6,23H,7-14H2,(H,24,26). The summed E-state index contributed by atoms with van der Waals surface area (Å²) >= 11 is 0. The Morgan fingerprint density at radius 3 is 2.69 bits per heavy atom. The molecule has 1 aromatic carbocycles. The minimum absolute atomic E-state index is 0.191. The fourth-order valence-corrected chi connectivity index (χ4v) is 3.60. The van der Waals surface area contributed by atoms with E-state index in [4.69, 9.17) is 0 Å². The number of rotatable bonds is 5. The zero-order valence-corrected chi connectivity index (χ0v) is 14.6. The topological polar surface area (TPSA) is 44.4 Å². The van der Waals surface area contributed by atoms with Crippen molar-refractivity contribution in [3.05, 3.63) is 47.5 Å². The summed E-state index contributed by atoms with van der Waals surface area (Å²) in [5, 5.41) is 5.69. The smallest absolute Gasteiger partial charge is 0.352 e. The number of nitrogens with zero attached hydrogens (tertiary/aromatic N) is 1. The Labute approximate surface area is 151 Å². The van der Waals surface area contributed by atoms with Crippen LogP contribution in [0.4, 0.5) is 13.2 Å². The van der Waals surface area contributed by atoms with E-state index in [0.29, 0.717) is 13.1 Å². The van der Waals surface area contributed by atoms with Crippen molar-refractivity contribution in [2.24, 2.45) is 5.41 Å². The molecule has 1 aromatic rings. The van der Waals surface area contributed by atoms with Crippen LogP contribution in [-0.4, -0.2) is 49.7 Å². The van der Waals surface area contributed by atoms with Gasteiger partial charge in [0.2, 0.25) is 5.91 Å². The van der Waals surface area contributed by atoms with Crippen LogP contribution in [0.3, 0.4) is 0 Å². The van der Waals surface area contributed by atoms with Gasteiger partial charge < -0.3 is 10.6 Å². The number of hydrogen-bond acceptors (Lipinski definition) is 3. The maximum absolute atomic E-state index is 13.8. The molecule has 2 aliphatic rings. The number of amides is 1. The lowest BCUT2D eigenvalue weighted by molar-refractivity contribution is -0.218. The third-order valence-electron chi connectivity index (χ3n) is 5.21. The summed E-state index contributed by atoms with van der Waals surface area (Å²) in [4.78, 5) is 14.3. The van der Waals surface area contributed by atoms with Crippen molar-refractivity contribution >= 4 is 5.91 Å². The molecule has 1 unspecified atom stereocenters. The van der Waals surface area contributed by atoms with Crippen molar-refractivity contribution in [1.29, 1.82) is 0 Å². The number of alkyl halides is 3. The first kappa shape index (κ1) is 18.9. The second kappa shape index (κ2) is 7.80. The molecule has 0 radical (unpaired) electrons. The van der Waals surface area contributed by atoms with Crippen molar-refractivity contribution in [3.63, 3.8) is 0 Å². The molecule has 4 nitrogen and oxygen atoms in total. The molecule has 2 N–H and O–H groups in total. The molecule has 1 saturated heterocycles. The van der Waals surface area contributed by atoms with Gasteiger partial charge in [-0.3, -0.25) is 9.69 Å². The number of carbonyl (C=O) groups excluding carboxylic acids is 1. The molecular formula is C19H24F3N3O. The number of halogens is 3. The SMILES string of the molecule is O=C(NCC1=CCNCC1)C1(C(F)(F)F)CCN(Cc2ccccc2)C1. The van der Waals surface area contributed by atoms with Gasteiger partial charge in [-0.1, -0.05) is 42.0 Å². The monoisotopic (exact) mass is 367 g/mol. The highest BCUT2D eigenvalue weighted by atomic mass is 19.4. The number of hydrogen-bond donors (Lipinski definition) is 2. The average Bonchev–Trinajstić information content (AvgIpc) is 3.07. The van der Waals surface area contributed by atoms with Crippen LogP contribution in [0.5, 0.6) is 0 Å². The second-order valence-electron chi connectivity index (χ2n) is 7.03. The quantitative estimate of drug-likeness (QED) is 0.786. The van der Waals surface area contributed by atoms with Crippen molar-refractivity contribution in [2.45, 2.75) is 25.6 Å². The Morgan fingerprint density at radius 1 is 1.27 bits per heavy atom. The van der Waals surface area contributed by atoms with E-state index in [-0.39, 0.29) is 26.1 Å². The number of nitrogens with one attached hydrogen (secondary N) is 2. The lowest BCUT2D eigenvalue weighted by Crippen LogP contribution is -2.52. The van der Waals surface area contributed by atoms with Gasteiger partial charge in [-0.15, -0.1) is 0 Å². The van der Waals surface area contributed by atoms with Gasteiger partial charge in [-0.2, -0.15) is 13.2 Å². The van der Waals surface area contributed by atoms with Gasteiger partial charge in [-0.25, -0.2) is 0 Å². The fourth-order valence-electron chi connectivity index (χ4n) is 3.60. The molecular weight excluding hydrogens is 343 g/mol. The van der Waals surface area contributed by atoms with E-state index >= 15 is 0 Å². The maximum Gasteiger partial charge on any atom is 0.404 e. The van der Waals surface area contributed by atoms with E-state index in [1.807, 2.05) is 36.4 Å². The molecule has 26 heavy (non-hydrogen) atoms.